The summed E-state index contributed by atoms with van der Waals surface area (Å²) in [6.07, 6.45) is -0.840. The molecule has 2 heterocycles. The number of anilines is 2. The first-order chi connectivity index (χ1) is 14.2. The first kappa shape index (κ1) is 17.6. The Kier molecular flexibility index (Phi) is 4.18. The van der Waals surface area contributed by atoms with Gasteiger partial charge in [0.1, 0.15) is 5.92 Å². The minimum atomic E-state index is -0.840. The van der Waals surface area contributed by atoms with Gasteiger partial charge in [0.15, 0.2) is 6.10 Å². The molecule has 2 amide bonds. The number of aryl methyl sites for hydroxylation is 1. The van der Waals surface area contributed by atoms with Crippen LogP contribution in [0.1, 0.15) is 17.2 Å². The Hall–Kier alpha value is -3.44. The fraction of sp³-hybridized carbons (Fsp3) is 0.167. The highest BCUT2D eigenvalue weighted by Crippen LogP contribution is 2.48. The van der Waals surface area contributed by atoms with E-state index in [0.717, 1.165) is 16.8 Å². The maximum atomic E-state index is 13.5. The summed E-state index contributed by atoms with van der Waals surface area (Å²) in [5, 5.41) is 1.73. The van der Waals surface area contributed by atoms with E-state index in [1.54, 1.807) is 17.2 Å². The van der Waals surface area contributed by atoms with Gasteiger partial charge in [-0.25, -0.2) is 9.96 Å². The maximum absolute atomic E-state index is 13.5. The zero-order chi connectivity index (χ0) is 20.0. The van der Waals surface area contributed by atoms with Crippen LogP contribution in [-0.2, 0) is 14.4 Å². The summed E-state index contributed by atoms with van der Waals surface area (Å²) >= 11 is 0. The van der Waals surface area contributed by atoms with E-state index in [9.17, 15) is 9.59 Å². The molecule has 5 heteroatoms. The van der Waals surface area contributed by atoms with E-state index >= 15 is 0 Å². The molecule has 144 valence electrons. The highest BCUT2D eigenvalue weighted by molar-refractivity contribution is 6.23. The predicted molar refractivity (Wildman–Crippen MR) is 110 cm³/mol. The van der Waals surface area contributed by atoms with Gasteiger partial charge >= 0.3 is 0 Å². The molecule has 2 aliphatic heterocycles. The maximum Gasteiger partial charge on any atom is 0.266 e. The number of benzene rings is 3. The van der Waals surface area contributed by atoms with Crippen LogP contribution in [0.25, 0.3) is 0 Å². The monoisotopic (exact) mass is 384 g/mol. The van der Waals surface area contributed by atoms with Crippen molar-refractivity contribution in [2.24, 2.45) is 5.92 Å². The zero-order valence-corrected chi connectivity index (χ0v) is 15.9. The minimum Gasteiger partial charge on any atom is -0.273 e. The van der Waals surface area contributed by atoms with Gasteiger partial charge in [0.2, 0.25) is 5.91 Å². The van der Waals surface area contributed by atoms with Gasteiger partial charge in [-0.1, -0.05) is 60.7 Å². The van der Waals surface area contributed by atoms with E-state index in [4.69, 9.17) is 4.84 Å². The number of carbonyl (C=O) groups excluding carboxylic acids is 2. The number of rotatable bonds is 3. The number of imide groups is 1. The highest BCUT2D eigenvalue weighted by atomic mass is 16.7. The lowest BCUT2D eigenvalue weighted by Gasteiger charge is -2.29. The summed E-state index contributed by atoms with van der Waals surface area (Å²) in [7, 11) is 0. The molecule has 0 saturated carbocycles. The lowest BCUT2D eigenvalue weighted by Crippen LogP contribution is -2.37. The van der Waals surface area contributed by atoms with Gasteiger partial charge < -0.3 is 0 Å². The normalized spacial score (nSPS) is 23.6. The molecule has 0 N–H and O–H groups in total. The Balaban J connectivity index is 1.62. The van der Waals surface area contributed by atoms with Crippen molar-refractivity contribution in [1.82, 2.24) is 0 Å². The first-order valence-corrected chi connectivity index (χ1v) is 9.66. The fourth-order valence-corrected chi connectivity index (χ4v) is 4.28. The SMILES string of the molecule is Cc1ccccc1[C@H]1[C@@H]2C(=O)N(c3ccccc3)C(=O)[C@H]2ON1c1ccccc1. The lowest BCUT2D eigenvalue weighted by atomic mass is 9.88. The molecule has 3 aromatic rings. The average molecular weight is 384 g/mol. The van der Waals surface area contributed by atoms with E-state index in [1.165, 1.54) is 4.90 Å². The summed E-state index contributed by atoms with van der Waals surface area (Å²) < 4.78 is 0. The molecule has 2 aliphatic rings. The second kappa shape index (κ2) is 6.87. The fourth-order valence-electron chi connectivity index (χ4n) is 4.28. The van der Waals surface area contributed by atoms with E-state index in [1.807, 2.05) is 79.7 Å². The van der Waals surface area contributed by atoms with Crippen molar-refractivity contribution >= 4 is 23.2 Å². The van der Waals surface area contributed by atoms with E-state index in [-0.39, 0.29) is 17.9 Å². The number of hydrogen-bond acceptors (Lipinski definition) is 4. The van der Waals surface area contributed by atoms with Crippen molar-refractivity contribution in [3.63, 3.8) is 0 Å². The van der Waals surface area contributed by atoms with Crippen LogP contribution in [0.4, 0.5) is 11.4 Å². The molecule has 3 atom stereocenters. The van der Waals surface area contributed by atoms with Crippen LogP contribution >= 0.6 is 0 Å². The molecular weight excluding hydrogens is 364 g/mol. The van der Waals surface area contributed by atoms with Gasteiger partial charge in [-0.3, -0.25) is 14.4 Å². The molecule has 3 aromatic carbocycles. The van der Waals surface area contributed by atoms with Gasteiger partial charge in [-0.05, 0) is 42.3 Å². The van der Waals surface area contributed by atoms with Crippen LogP contribution in [-0.4, -0.2) is 17.9 Å². The van der Waals surface area contributed by atoms with Gasteiger partial charge in [0.05, 0.1) is 17.4 Å². The number of fused-ring (bicyclic) bond motifs is 1. The molecular formula is C24H20N2O3. The van der Waals surface area contributed by atoms with Crippen molar-refractivity contribution in [2.45, 2.75) is 19.1 Å². The van der Waals surface area contributed by atoms with Gasteiger partial charge in [-0.15, -0.1) is 0 Å². The summed E-state index contributed by atoms with van der Waals surface area (Å²) in [6.45, 7) is 2.02. The quantitative estimate of drug-likeness (QED) is 0.640. The summed E-state index contributed by atoms with van der Waals surface area (Å²) in [5.74, 6) is -1.15. The third-order valence-corrected chi connectivity index (χ3v) is 5.65. The molecule has 29 heavy (non-hydrogen) atoms. The molecule has 2 fully saturated rings. The Morgan fingerprint density at radius 2 is 1.31 bits per heavy atom. The molecule has 0 spiro atoms. The van der Waals surface area contributed by atoms with Crippen molar-refractivity contribution < 1.29 is 14.4 Å². The van der Waals surface area contributed by atoms with Gasteiger partial charge in [0.25, 0.3) is 5.91 Å². The largest absolute Gasteiger partial charge is 0.273 e. The zero-order valence-electron chi connectivity index (χ0n) is 15.9. The second-order valence-corrected chi connectivity index (χ2v) is 7.36. The molecule has 0 bridgehead atoms. The third kappa shape index (κ3) is 2.74. The van der Waals surface area contributed by atoms with Gasteiger partial charge in [0, 0.05) is 0 Å². The average Bonchev–Trinajstić information content (AvgIpc) is 3.26. The number of amides is 2. The number of nitrogens with zero attached hydrogens (tertiary/aromatic N) is 2. The van der Waals surface area contributed by atoms with E-state index in [2.05, 4.69) is 0 Å². The van der Waals surface area contributed by atoms with Crippen LogP contribution in [0.2, 0.25) is 0 Å². The summed E-state index contributed by atoms with van der Waals surface area (Å²) in [5.41, 5.74) is 3.44. The number of hydroxylamine groups is 1. The van der Waals surface area contributed by atoms with E-state index < -0.39 is 12.0 Å². The second-order valence-electron chi connectivity index (χ2n) is 7.36. The molecule has 0 aromatic heterocycles. The highest BCUT2D eigenvalue weighted by Gasteiger charge is 2.60. The van der Waals surface area contributed by atoms with Crippen LogP contribution in [0.15, 0.2) is 84.9 Å². The predicted octanol–water partition coefficient (Wildman–Crippen LogP) is 4.05. The van der Waals surface area contributed by atoms with Crippen LogP contribution < -0.4 is 9.96 Å². The number of hydrogen-bond donors (Lipinski definition) is 0. The Morgan fingerprint density at radius 3 is 1.97 bits per heavy atom. The Bertz CT molecular complexity index is 1070. The standard InChI is InChI=1S/C24H20N2O3/c1-16-10-8-9-15-19(16)21-20-22(29-26(21)18-13-6-3-7-14-18)24(28)25(23(20)27)17-11-4-2-5-12-17/h2-15,20-22H,1H3/t20-,21-,22-/m0/s1. The lowest BCUT2D eigenvalue weighted by molar-refractivity contribution is -0.126. The van der Waals surface area contributed by atoms with E-state index in [0.29, 0.717) is 5.69 Å². The van der Waals surface area contributed by atoms with Crippen LogP contribution in [0, 0.1) is 12.8 Å². The molecule has 0 unspecified atom stereocenters. The van der Waals surface area contributed by atoms with Crippen molar-refractivity contribution in [3.05, 3.63) is 96.1 Å². The topological polar surface area (TPSA) is 49.9 Å². The van der Waals surface area contributed by atoms with Crippen LogP contribution in [0.5, 0.6) is 0 Å². The Morgan fingerprint density at radius 1 is 0.724 bits per heavy atom. The van der Waals surface area contributed by atoms with Crippen molar-refractivity contribution in [1.29, 1.82) is 0 Å². The van der Waals surface area contributed by atoms with Crippen molar-refractivity contribution in [2.75, 3.05) is 9.96 Å². The third-order valence-electron chi connectivity index (χ3n) is 5.65. The summed E-state index contributed by atoms with van der Waals surface area (Å²) in [6, 6.07) is 26.2. The van der Waals surface area contributed by atoms with Crippen molar-refractivity contribution in [3.8, 4) is 0 Å². The molecule has 5 nitrogen and oxygen atoms in total. The smallest absolute Gasteiger partial charge is 0.266 e. The van der Waals surface area contributed by atoms with Crippen LogP contribution in [0.3, 0.4) is 0 Å². The number of carbonyl (C=O) groups is 2. The first-order valence-electron chi connectivity index (χ1n) is 9.66. The Labute approximate surface area is 169 Å². The van der Waals surface area contributed by atoms with Gasteiger partial charge in [-0.2, -0.15) is 0 Å². The minimum absolute atomic E-state index is 0.224. The molecule has 0 radical (unpaired) electrons. The molecule has 5 rings (SSSR count). The molecule has 0 aliphatic carbocycles. The summed E-state index contributed by atoms with van der Waals surface area (Å²) in [4.78, 5) is 34.1. The number of para-hydroxylation sites is 2. The molecule has 2 saturated heterocycles.